The molecule has 10 aromatic carbocycles. The number of rotatable bonds is 25. The summed E-state index contributed by atoms with van der Waals surface area (Å²) in [6.07, 6.45) is 5.87. The van der Waals surface area contributed by atoms with Gasteiger partial charge in [-0.3, -0.25) is 0 Å². The van der Waals surface area contributed by atoms with Crippen LogP contribution in [0.4, 0.5) is 0 Å². The Bertz CT molecular complexity index is 3560. The molecule has 7 radical (unpaired) electrons. The van der Waals surface area contributed by atoms with Gasteiger partial charge in [0.15, 0.2) is 5.75 Å². The van der Waals surface area contributed by atoms with E-state index in [0.29, 0.717) is 69.4 Å². The molecule has 10 aromatic rings. The second kappa shape index (κ2) is 185. The number of para-hydroxylation sites is 8. The van der Waals surface area contributed by atoms with Crippen LogP contribution < -0.4 is 52.1 Å². The third-order valence-corrected chi connectivity index (χ3v) is 13.1. The SMILES string of the molecule is CC.CC.CC.CC.CC.CC.CC.CC.CC.CC.[CH2-]C(C)Cc1ccccc1.[CH2-]CCOc1c[c-]ccc1.[CH2-]COc1[c-]cccc1.[CH2-]COc1cccc(O[CH2-])c1.[CH2-]COc1ccccc1CC.[CH2-]COc1ccccc1CCC.[CH2-]COc1ccccc1O[CH2-].[CH2-]COc1ccccc1[CH2-].[CH2-]Cc1ccccc1O[CH2-].[CH2-]Oc1ccccc1[CH2-].[W].[W].[W].[W].[W].[W].[W].[W].[W].[W].[Y].[Y].[Y].[Y].[Y].[Y].[Y]. The van der Waals surface area contributed by atoms with Crippen molar-refractivity contribution in [3.63, 3.8) is 0 Å². The molecular formula is C112H167O11W10Y7-17. The van der Waals surface area contributed by atoms with E-state index in [1.54, 1.807) is 12.1 Å². The van der Waals surface area contributed by atoms with Crippen molar-refractivity contribution < 1.29 is 492 Å². The van der Waals surface area contributed by atoms with Gasteiger partial charge in [-0.25, -0.2) is 0 Å². The molecule has 0 aliphatic rings. The van der Waals surface area contributed by atoms with Crippen molar-refractivity contribution in [1.82, 2.24) is 0 Å². The quantitative estimate of drug-likeness (QED) is 0.0511. The smallest absolute Gasteiger partial charge is 0.154 e. The zero-order valence-corrected chi connectivity index (χ0v) is 138. The summed E-state index contributed by atoms with van der Waals surface area (Å²) in [5.41, 5.74) is 6.78. The number of hydrogen-bond donors (Lipinski definition) is 0. The number of hydrogen-bond acceptors (Lipinski definition) is 11. The van der Waals surface area contributed by atoms with Crippen molar-refractivity contribution in [2.45, 2.75) is 198 Å². The summed E-state index contributed by atoms with van der Waals surface area (Å²) in [5.74, 6) is 9.21. The van der Waals surface area contributed by atoms with Crippen LogP contribution >= 0.6 is 0 Å². The fourth-order valence-corrected chi connectivity index (χ4v) is 8.35. The van der Waals surface area contributed by atoms with Crippen LogP contribution in [0.3, 0.4) is 0 Å². The van der Waals surface area contributed by atoms with E-state index in [-0.39, 0.29) is 440 Å². The molecule has 140 heavy (non-hydrogen) atoms. The fraction of sp³-hybridized carbons (Fsp3) is 0.330. The van der Waals surface area contributed by atoms with Crippen LogP contribution in [0.15, 0.2) is 249 Å². The van der Waals surface area contributed by atoms with Gasteiger partial charge in [0.1, 0.15) is 23.0 Å². The Morgan fingerprint density at radius 2 is 0.629 bits per heavy atom. The van der Waals surface area contributed by atoms with Crippen LogP contribution in [0.1, 0.15) is 205 Å². The van der Waals surface area contributed by atoms with Gasteiger partial charge in [-0.15, -0.1) is 42.8 Å². The molecule has 0 spiro atoms. The molecule has 0 aliphatic carbocycles. The maximum Gasteiger partial charge on any atom is 0.154 e. The van der Waals surface area contributed by atoms with Gasteiger partial charge < -0.3 is 114 Å². The monoisotopic (exact) mass is 4150 g/mol. The van der Waals surface area contributed by atoms with E-state index >= 15 is 0 Å². The van der Waals surface area contributed by atoms with E-state index in [1.807, 2.05) is 339 Å². The van der Waals surface area contributed by atoms with Crippen LogP contribution in [-0.4, -0.2) is 46.2 Å². The molecule has 0 N–H and O–H groups in total. The van der Waals surface area contributed by atoms with E-state index in [9.17, 15) is 0 Å². The van der Waals surface area contributed by atoms with Crippen LogP contribution in [0, 0.1) is 123 Å². The average Bonchev–Trinajstić information content (AvgIpc) is 0.899. The van der Waals surface area contributed by atoms with E-state index < -0.39 is 0 Å². The normalized spacial score (nSPS) is 7.57. The summed E-state index contributed by atoms with van der Waals surface area (Å²) in [6.45, 7) is 90.2. The van der Waals surface area contributed by atoms with Crippen molar-refractivity contribution in [3.8, 4) is 63.2 Å². The van der Waals surface area contributed by atoms with Crippen LogP contribution in [0.5, 0.6) is 63.2 Å². The molecule has 1 unspecified atom stereocenters. The van der Waals surface area contributed by atoms with Crippen molar-refractivity contribution >= 4 is 0 Å². The van der Waals surface area contributed by atoms with Crippen molar-refractivity contribution in [2.24, 2.45) is 5.92 Å². The summed E-state index contributed by atoms with van der Waals surface area (Å²) < 4.78 is 55.6. The zero-order chi connectivity index (χ0) is 95.8. The Kier molecular flexibility index (Phi) is 284. The predicted molar refractivity (Wildman–Crippen MR) is 540 cm³/mol. The summed E-state index contributed by atoms with van der Waals surface area (Å²) in [4.78, 5) is 0. The molecule has 1 atom stereocenters. The minimum absolute atomic E-state index is 0. The fourth-order valence-electron chi connectivity index (χ4n) is 8.35. The number of aryl methyl sites for hydroxylation is 2. The number of ether oxygens (including phenoxy) is 11. The predicted octanol–water partition coefficient (Wildman–Crippen LogP) is 32.5. The second-order valence-corrected chi connectivity index (χ2v) is 20.9. The molecular weight excluding hydrogens is 3980 g/mol. The van der Waals surface area contributed by atoms with E-state index in [0.717, 1.165) is 101 Å². The van der Waals surface area contributed by atoms with Gasteiger partial charge in [0.05, 0.1) is 11.5 Å². The standard InChI is InChI=1S/C11H15O.C10H13O.C10H13.2C9H10O2.3C9H10O.2C8H8O.10C2H6.10W.7Y/c1-3-7-10-8-5-6-9-11(10)12-4-2;1-3-9-7-5-6-8-10(9)11-4-2;1-9(2)8-10-6-4-3-5-7-10;1-3-11-9-6-4-5-8(7-9)10-2;1-3-11-9-7-5-4-6-8(9)10-2;1-3-8-6-4-5-7-9(8)10-2;1-3-10-9-7-5-4-6-8(9)2;1-2-8-10-9-6-4-3-5-7-9;1-7-5-3-4-6-8(7)9-2;1-2-9-8-6-4-3-5-7-8;10*1-2;;;;;;;;;;;;;;;;;/h5-6,8-9H,2-4,7H2,1H3;5-8H,2-4H2,1H3;3-7,9H,1,8H2,2H3;2*4-7H,1-3H2;2*4-7H,1-3H2;3-4,6-7H,1-2,8H2;2*3-6H,1-2H2;10*1-2H3;;;;;;;;;;;;;;;;;/q3*-1;7*-2;;;;;;;;;;;;;;;;;;;;;;;;;;;. The van der Waals surface area contributed by atoms with Gasteiger partial charge >= 0.3 is 0 Å². The van der Waals surface area contributed by atoms with E-state index in [4.69, 9.17) is 52.1 Å². The molecule has 0 amide bonds. The summed E-state index contributed by atoms with van der Waals surface area (Å²) in [6, 6.07) is 84.9. The molecule has 0 aromatic heterocycles. The van der Waals surface area contributed by atoms with Crippen LogP contribution in [0.25, 0.3) is 0 Å². The van der Waals surface area contributed by atoms with Gasteiger partial charge in [-0.05, 0) is 111 Å². The molecule has 779 valence electrons. The maximum absolute atomic E-state index is 5.38. The number of benzene rings is 10. The molecule has 0 fully saturated rings. The van der Waals surface area contributed by atoms with Crippen molar-refractivity contribution in [2.75, 3.05) is 46.2 Å². The first kappa shape index (κ1) is 215. The van der Waals surface area contributed by atoms with E-state index in [2.05, 4.69) is 174 Å². The first-order valence-corrected chi connectivity index (χ1v) is 43.7. The molecule has 0 heterocycles. The van der Waals surface area contributed by atoms with Gasteiger partial charge in [0, 0.05) is 470 Å². The van der Waals surface area contributed by atoms with Gasteiger partial charge in [-0.2, -0.15) is 114 Å². The Balaban J connectivity index is -0.0000000392. The maximum atomic E-state index is 5.38. The first-order valence-electron chi connectivity index (χ1n) is 43.7. The molecule has 0 saturated carbocycles. The molecule has 0 bridgehead atoms. The molecule has 0 saturated heterocycles. The minimum Gasteiger partial charge on any atom is -0.721 e. The Morgan fingerprint density at radius 1 is 0.293 bits per heavy atom. The molecule has 28 heteroatoms. The Morgan fingerprint density at radius 3 is 0.971 bits per heavy atom. The third kappa shape index (κ3) is 135. The van der Waals surface area contributed by atoms with Crippen LogP contribution in [-0.2, 0) is 465 Å². The molecule has 10 rings (SSSR count). The summed E-state index contributed by atoms with van der Waals surface area (Å²) in [5, 5.41) is 0. The van der Waals surface area contributed by atoms with Crippen LogP contribution in [0.2, 0.25) is 0 Å². The average molecular weight is 4150 g/mol. The topological polar surface area (TPSA) is 102 Å². The van der Waals surface area contributed by atoms with Crippen molar-refractivity contribution in [3.05, 3.63) is 399 Å². The third-order valence-electron chi connectivity index (χ3n) is 13.1. The Labute approximate surface area is 1180 Å². The molecule has 11 nitrogen and oxygen atoms in total. The van der Waals surface area contributed by atoms with Gasteiger partial charge in [-0.1, -0.05) is 312 Å². The van der Waals surface area contributed by atoms with Crippen molar-refractivity contribution in [1.29, 1.82) is 0 Å². The largest absolute Gasteiger partial charge is 0.721 e. The zero-order valence-electron chi connectivity index (χ0n) is 89.2. The van der Waals surface area contributed by atoms with Gasteiger partial charge in [0.2, 0.25) is 0 Å². The minimum atomic E-state index is 0. The Hall–Kier alpha value is 4.35. The summed E-state index contributed by atoms with van der Waals surface area (Å²) in [7, 11) is 13.2. The second-order valence-electron chi connectivity index (χ2n) is 20.9. The van der Waals surface area contributed by atoms with Gasteiger partial charge in [0.25, 0.3) is 0 Å². The first-order chi connectivity index (χ1) is 60.2. The summed E-state index contributed by atoms with van der Waals surface area (Å²) >= 11 is 0. The molecule has 0 aliphatic heterocycles. The van der Waals surface area contributed by atoms with E-state index in [1.165, 1.54) is 16.7 Å².